The summed E-state index contributed by atoms with van der Waals surface area (Å²) in [5.41, 5.74) is 7.50. The zero-order valence-electron chi connectivity index (χ0n) is 25.5. The first-order valence-electron chi connectivity index (χ1n) is 15.6. The molecule has 2 aliphatic heterocycles. The van der Waals surface area contributed by atoms with E-state index >= 15 is 0 Å². The number of hydrogen-bond acceptors (Lipinski definition) is 7. The van der Waals surface area contributed by atoms with Crippen LogP contribution in [0.5, 0.6) is 5.75 Å². The molecule has 2 aliphatic rings. The van der Waals surface area contributed by atoms with Gasteiger partial charge in [-0.1, -0.05) is 37.3 Å². The average Bonchev–Trinajstić information content (AvgIpc) is 3.04. The normalized spacial score (nSPS) is 18.0. The first-order valence-corrected chi connectivity index (χ1v) is 15.6. The van der Waals surface area contributed by atoms with Gasteiger partial charge < -0.3 is 19.7 Å². The van der Waals surface area contributed by atoms with Crippen LogP contribution in [0.2, 0.25) is 0 Å². The molecule has 0 spiro atoms. The van der Waals surface area contributed by atoms with Gasteiger partial charge in [0.1, 0.15) is 18.7 Å². The van der Waals surface area contributed by atoms with Gasteiger partial charge in [0.05, 0.1) is 19.8 Å². The second-order valence-electron chi connectivity index (χ2n) is 11.9. The minimum absolute atomic E-state index is 0.0312. The number of ether oxygens (including phenoxy) is 2. The molecule has 1 aromatic heterocycles. The maximum atomic E-state index is 13.2. The summed E-state index contributed by atoms with van der Waals surface area (Å²) in [6.07, 6.45) is 8.43. The number of benzene rings is 3. The van der Waals surface area contributed by atoms with Crippen LogP contribution in [-0.2, 0) is 22.5 Å². The lowest BCUT2D eigenvalue weighted by atomic mass is 9.98. The first-order chi connectivity index (χ1) is 21.6. The standard InChI is InChI=1S/C36H41N5O3/c1-27-4-3-13-41(23-27)34-10-8-33(9-11-34)39-36(42)25-40-14-15-43-16-17-44-35-12-7-30(32-21-37-26-38-22-32)20-31(35)19-28-5-2-6-29(18-28)24-40/h2,5-12,18,20-22,26-27H,3-4,13-17,19,23-25H2,1H3,(H,39,42). The molecule has 228 valence electrons. The van der Waals surface area contributed by atoms with Crippen LogP contribution in [0.1, 0.15) is 36.5 Å². The fourth-order valence-corrected chi connectivity index (χ4v) is 6.11. The van der Waals surface area contributed by atoms with Gasteiger partial charge in [0.2, 0.25) is 5.91 Å². The van der Waals surface area contributed by atoms with Crippen molar-refractivity contribution in [3.8, 4) is 16.9 Å². The molecule has 8 heteroatoms. The second-order valence-corrected chi connectivity index (χ2v) is 11.9. The van der Waals surface area contributed by atoms with Gasteiger partial charge in [-0.3, -0.25) is 9.69 Å². The van der Waals surface area contributed by atoms with E-state index in [9.17, 15) is 4.79 Å². The number of carbonyl (C=O) groups excluding carboxylic acids is 1. The number of hydrogen-bond donors (Lipinski definition) is 1. The Balaban J connectivity index is 1.13. The van der Waals surface area contributed by atoms with Crippen LogP contribution in [0.25, 0.3) is 11.1 Å². The van der Waals surface area contributed by atoms with Gasteiger partial charge in [0.15, 0.2) is 0 Å². The molecule has 3 heterocycles. The van der Waals surface area contributed by atoms with Crippen molar-refractivity contribution in [1.29, 1.82) is 0 Å². The molecule has 4 aromatic rings. The number of rotatable bonds is 5. The van der Waals surface area contributed by atoms with E-state index in [4.69, 9.17) is 9.47 Å². The van der Waals surface area contributed by atoms with Crippen molar-refractivity contribution in [1.82, 2.24) is 14.9 Å². The van der Waals surface area contributed by atoms with Gasteiger partial charge in [-0.05, 0) is 77.4 Å². The lowest BCUT2D eigenvalue weighted by Crippen LogP contribution is -2.35. The predicted molar refractivity (Wildman–Crippen MR) is 174 cm³/mol. The van der Waals surface area contributed by atoms with Crippen molar-refractivity contribution < 1.29 is 14.3 Å². The minimum atomic E-state index is -0.0312. The third-order valence-electron chi connectivity index (χ3n) is 8.32. The summed E-state index contributed by atoms with van der Waals surface area (Å²) < 4.78 is 12.1. The lowest BCUT2D eigenvalue weighted by molar-refractivity contribution is -0.117. The number of carbonyl (C=O) groups is 1. The third-order valence-corrected chi connectivity index (χ3v) is 8.32. The molecule has 0 saturated carbocycles. The molecular weight excluding hydrogens is 550 g/mol. The molecule has 6 rings (SSSR count). The molecule has 2 bridgehead atoms. The molecule has 8 nitrogen and oxygen atoms in total. The highest BCUT2D eigenvalue weighted by atomic mass is 16.5. The average molecular weight is 592 g/mol. The van der Waals surface area contributed by atoms with Crippen molar-refractivity contribution in [2.75, 3.05) is 56.2 Å². The van der Waals surface area contributed by atoms with Crippen molar-refractivity contribution in [3.63, 3.8) is 0 Å². The molecule has 1 fully saturated rings. The molecule has 44 heavy (non-hydrogen) atoms. The molecule has 1 N–H and O–H groups in total. The van der Waals surface area contributed by atoms with E-state index in [0.29, 0.717) is 38.8 Å². The largest absolute Gasteiger partial charge is 0.491 e. The van der Waals surface area contributed by atoms with E-state index in [0.717, 1.165) is 53.2 Å². The van der Waals surface area contributed by atoms with Crippen LogP contribution in [0.15, 0.2) is 85.5 Å². The molecule has 1 saturated heterocycles. The van der Waals surface area contributed by atoms with Crippen LogP contribution in [0.4, 0.5) is 11.4 Å². The number of fused-ring (bicyclic) bond motifs is 3. The Morgan fingerprint density at radius 2 is 1.77 bits per heavy atom. The Morgan fingerprint density at radius 1 is 0.932 bits per heavy atom. The zero-order chi connectivity index (χ0) is 30.1. The van der Waals surface area contributed by atoms with Gasteiger partial charge >= 0.3 is 0 Å². The van der Waals surface area contributed by atoms with Crippen LogP contribution in [0.3, 0.4) is 0 Å². The molecule has 1 unspecified atom stereocenters. The Hall–Kier alpha value is -4.27. The van der Waals surface area contributed by atoms with Crippen molar-refractivity contribution >= 4 is 17.3 Å². The van der Waals surface area contributed by atoms with Crippen LogP contribution in [-0.4, -0.2) is 66.8 Å². The minimum Gasteiger partial charge on any atom is -0.491 e. The monoisotopic (exact) mass is 591 g/mol. The van der Waals surface area contributed by atoms with Gasteiger partial charge in [0.25, 0.3) is 0 Å². The maximum absolute atomic E-state index is 13.2. The molecule has 0 aliphatic carbocycles. The number of amides is 1. The third kappa shape index (κ3) is 8.01. The van der Waals surface area contributed by atoms with E-state index in [2.05, 4.69) is 74.5 Å². The summed E-state index contributed by atoms with van der Waals surface area (Å²) in [4.78, 5) is 26.1. The van der Waals surface area contributed by atoms with Crippen molar-refractivity contribution in [2.24, 2.45) is 5.92 Å². The summed E-state index contributed by atoms with van der Waals surface area (Å²) in [6.45, 7) is 7.51. The van der Waals surface area contributed by atoms with Crippen molar-refractivity contribution in [3.05, 3.63) is 102 Å². The number of nitrogens with zero attached hydrogens (tertiary/aromatic N) is 4. The zero-order valence-corrected chi connectivity index (χ0v) is 25.5. The highest BCUT2D eigenvalue weighted by Crippen LogP contribution is 2.29. The van der Waals surface area contributed by atoms with Gasteiger partial charge in [-0.15, -0.1) is 0 Å². The first kappa shape index (κ1) is 29.8. The highest BCUT2D eigenvalue weighted by molar-refractivity contribution is 5.92. The smallest absolute Gasteiger partial charge is 0.238 e. The number of nitrogens with one attached hydrogen (secondary N) is 1. The van der Waals surface area contributed by atoms with E-state index < -0.39 is 0 Å². The Kier molecular flexibility index (Phi) is 9.79. The molecular formula is C36H41N5O3. The fraction of sp³-hybridized carbons (Fsp3) is 0.361. The highest BCUT2D eigenvalue weighted by Gasteiger charge is 2.18. The quantitative estimate of drug-likeness (QED) is 0.313. The number of piperidine rings is 1. The lowest BCUT2D eigenvalue weighted by Gasteiger charge is -2.32. The number of anilines is 2. The SMILES string of the molecule is CC1CCCN(c2ccc(NC(=O)CN3CCOCCOc4ccc(-c5cncnc5)cc4Cc4cccc(c4)C3)cc2)C1. The Morgan fingerprint density at radius 3 is 2.61 bits per heavy atom. The van der Waals surface area contributed by atoms with Crippen LogP contribution in [0, 0.1) is 5.92 Å². The predicted octanol–water partition coefficient (Wildman–Crippen LogP) is 5.82. The molecule has 1 atom stereocenters. The van der Waals surface area contributed by atoms with E-state index in [-0.39, 0.29) is 12.5 Å². The summed E-state index contributed by atoms with van der Waals surface area (Å²) >= 11 is 0. The van der Waals surface area contributed by atoms with Crippen LogP contribution < -0.4 is 15.0 Å². The Bertz CT molecular complexity index is 1530. The molecule has 0 radical (unpaired) electrons. The van der Waals surface area contributed by atoms with Crippen LogP contribution >= 0.6 is 0 Å². The van der Waals surface area contributed by atoms with Gasteiger partial charge in [0, 0.05) is 61.9 Å². The molecule has 3 aromatic carbocycles. The summed E-state index contributed by atoms with van der Waals surface area (Å²) in [5, 5.41) is 3.10. The van der Waals surface area contributed by atoms with E-state index in [1.165, 1.54) is 30.4 Å². The summed E-state index contributed by atoms with van der Waals surface area (Å²) in [5.74, 6) is 1.54. The van der Waals surface area contributed by atoms with Gasteiger partial charge in [-0.2, -0.15) is 0 Å². The summed E-state index contributed by atoms with van der Waals surface area (Å²) in [7, 11) is 0. The van der Waals surface area contributed by atoms with Gasteiger partial charge in [-0.25, -0.2) is 9.97 Å². The maximum Gasteiger partial charge on any atom is 0.238 e. The fourth-order valence-electron chi connectivity index (χ4n) is 6.11. The van der Waals surface area contributed by atoms with Crippen molar-refractivity contribution in [2.45, 2.75) is 32.7 Å². The Labute approximate surface area is 260 Å². The molecule has 1 amide bonds. The summed E-state index contributed by atoms with van der Waals surface area (Å²) in [6, 6.07) is 23.1. The second kappa shape index (κ2) is 14.5. The van der Waals surface area contributed by atoms with E-state index in [1.807, 2.05) is 36.7 Å². The topological polar surface area (TPSA) is 79.8 Å². The van der Waals surface area contributed by atoms with E-state index in [1.54, 1.807) is 0 Å². The number of aromatic nitrogens is 2.